The molecule has 0 saturated heterocycles. The summed E-state index contributed by atoms with van der Waals surface area (Å²) in [6.07, 6.45) is 8.73. The van der Waals surface area contributed by atoms with Crippen LogP contribution in [0.4, 0.5) is 0 Å². The second-order valence-corrected chi connectivity index (χ2v) is 5.69. The van der Waals surface area contributed by atoms with Crippen LogP contribution in [-0.4, -0.2) is 21.8 Å². The molecule has 0 radical (unpaired) electrons. The monoisotopic (exact) mass is 336 g/mol. The third-order valence-electron chi connectivity index (χ3n) is 3.42. The van der Waals surface area contributed by atoms with E-state index in [2.05, 4.69) is 55.1 Å². The highest BCUT2D eigenvalue weighted by atomic mass is 79.9. The molecule has 5 heteroatoms. The van der Waals surface area contributed by atoms with Crippen molar-refractivity contribution in [3.8, 4) is 0 Å². The Morgan fingerprint density at radius 1 is 1.35 bits per heavy atom. The molecule has 108 valence electrons. The summed E-state index contributed by atoms with van der Waals surface area (Å²) >= 11 is 3.62. The fourth-order valence-corrected chi connectivity index (χ4v) is 2.96. The quantitative estimate of drug-likeness (QED) is 0.843. The highest BCUT2D eigenvalue weighted by Gasteiger charge is 2.18. The number of aromatic nitrogens is 3. The maximum Gasteiger partial charge on any atom is 0.0695 e. The first-order valence-corrected chi connectivity index (χ1v) is 7.83. The molecular weight excluding hydrogens is 316 g/mol. The number of nitrogens with zero attached hydrogens (tertiary/aromatic N) is 3. The normalized spacial score (nSPS) is 12.6. The van der Waals surface area contributed by atoms with Crippen molar-refractivity contribution in [2.24, 2.45) is 0 Å². The van der Waals surface area contributed by atoms with E-state index in [1.807, 2.05) is 25.6 Å². The van der Waals surface area contributed by atoms with E-state index in [1.165, 1.54) is 11.3 Å². The number of aryl methyl sites for hydroxylation is 2. The molecule has 4 nitrogen and oxygen atoms in total. The molecule has 0 aliphatic carbocycles. The van der Waals surface area contributed by atoms with Crippen LogP contribution in [0.25, 0.3) is 0 Å². The first kappa shape index (κ1) is 15.2. The Morgan fingerprint density at radius 2 is 2.10 bits per heavy atom. The van der Waals surface area contributed by atoms with Crippen LogP contribution in [0.5, 0.6) is 0 Å². The van der Waals surface area contributed by atoms with E-state index in [-0.39, 0.29) is 0 Å². The minimum absolute atomic E-state index is 0.298. The van der Waals surface area contributed by atoms with Gasteiger partial charge in [-0.1, -0.05) is 6.92 Å². The molecule has 0 spiro atoms. The van der Waals surface area contributed by atoms with Crippen molar-refractivity contribution in [3.05, 3.63) is 46.5 Å². The summed E-state index contributed by atoms with van der Waals surface area (Å²) in [5, 5.41) is 7.86. The zero-order valence-corrected chi connectivity index (χ0v) is 13.6. The first-order chi connectivity index (χ1) is 9.76. The second-order valence-electron chi connectivity index (χ2n) is 4.84. The first-order valence-electron chi connectivity index (χ1n) is 7.03. The van der Waals surface area contributed by atoms with Gasteiger partial charge < -0.3 is 5.32 Å². The largest absolute Gasteiger partial charge is 0.312 e. The molecule has 2 aromatic heterocycles. The zero-order chi connectivity index (χ0) is 14.4. The number of nitrogens with one attached hydrogen (secondary N) is 1. The SMILES string of the molecule is CCCn1ncc(Br)c1C(CCc1ccncc1)NC. The molecule has 20 heavy (non-hydrogen) atoms. The second kappa shape index (κ2) is 7.55. The van der Waals surface area contributed by atoms with Crippen molar-refractivity contribution < 1.29 is 0 Å². The Balaban J connectivity index is 2.10. The van der Waals surface area contributed by atoms with Crippen molar-refractivity contribution in [1.82, 2.24) is 20.1 Å². The van der Waals surface area contributed by atoms with Crippen LogP contribution in [0, 0.1) is 0 Å². The molecule has 0 fully saturated rings. The standard InChI is InChI=1S/C15H21BrN4/c1-3-10-20-15(13(16)11-19-20)14(17-2)5-4-12-6-8-18-9-7-12/h6-9,11,14,17H,3-5,10H2,1-2H3. The maximum absolute atomic E-state index is 4.45. The predicted octanol–water partition coefficient (Wildman–Crippen LogP) is 3.34. The van der Waals surface area contributed by atoms with E-state index in [9.17, 15) is 0 Å². The average molecular weight is 337 g/mol. The summed E-state index contributed by atoms with van der Waals surface area (Å²) in [6.45, 7) is 3.12. The van der Waals surface area contributed by atoms with Gasteiger partial charge in [-0.3, -0.25) is 9.67 Å². The van der Waals surface area contributed by atoms with Crippen LogP contribution in [0.2, 0.25) is 0 Å². The third kappa shape index (κ3) is 3.67. The van der Waals surface area contributed by atoms with Crippen LogP contribution in [0.15, 0.2) is 35.2 Å². The topological polar surface area (TPSA) is 42.7 Å². The molecule has 2 rings (SSSR count). The summed E-state index contributed by atoms with van der Waals surface area (Å²) in [7, 11) is 2.01. The van der Waals surface area contributed by atoms with E-state index < -0.39 is 0 Å². The molecule has 2 aromatic rings. The lowest BCUT2D eigenvalue weighted by atomic mass is 10.0. The maximum atomic E-state index is 4.45. The van der Waals surface area contributed by atoms with Crippen molar-refractivity contribution in [3.63, 3.8) is 0 Å². The molecular formula is C15H21BrN4. The molecule has 1 N–H and O–H groups in total. The van der Waals surface area contributed by atoms with E-state index in [1.54, 1.807) is 0 Å². The summed E-state index contributed by atoms with van der Waals surface area (Å²) in [4.78, 5) is 4.06. The smallest absolute Gasteiger partial charge is 0.0695 e. The lowest BCUT2D eigenvalue weighted by Gasteiger charge is -2.18. The Labute approximate surface area is 128 Å². The van der Waals surface area contributed by atoms with Gasteiger partial charge in [0.2, 0.25) is 0 Å². The van der Waals surface area contributed by atoms with E-state index in [4.69, 9.17) is 0 Å². The molecule has 0 amide bonds. The Bertz CT molecular complexity index is 524. The molecule has 1 unspecified atom stereocenters. The number of pyridine rings is 1. The molecule has 0 saturated carbocycles. The fraction of sp³-hybridized carbons (Fsp3) is 0.467. The van der Waals surface area contributed by atoms with Crippen molar-refractivity contribution in [1.29, 1.82) is 0 Å². The van der Waals surface area contributed by atoms with Gasteiger partial charge in [0.05, 0.1) is 22.4 Å². The molecule has 0 aromatic carbocycles. The lowest BCUT2D eigenvalue weighted by molar-refractivity contribution is 0.475. The molecule has 0 bridgehead atoms. The van der Waals surface area contributed by atoms with Crippen LogP contribution in [0.1, 0.15) is 37.1 Å². The summed E-state index contributed by atoms with van der Waals surface area (Å²) in [5.41, 5.74) is 2.56. The third-order valence-corrected chi connectivity index (χ3v) is 4.03. The lowest BCUT2D eigenvalue weighted by Crippen LogP contribution is -2.21. The van der Waals surface area contributed by atoms with Crippen LogP contribution >= 0.6 is 15.9 Å². The Hall–Kier alpha value is -1.20. The van der Waals surface area contributed by atoms with Crippen LogP contribution < -0.4 is 5.32 Å². The molecule has 2 heterocycles. The van der Waals surface area contributed by atoms with Gasteiger partial charge in [-0.2, -0.15) is 5.10 Å². The van der Waals surface area contributed by atoms with Gasteiger partial charge in [0.15, 0.2) is 0 Å². The number of hydrogen-bond donors (Lipinski definition) is 1. The van der Waals surface area contributed by atoms with Crippen molar-refractivity contribution >= 4 is 15.9 Å². The summed E-state index contributed by atoms with van der Waals surface area (Å²) < 4.78 is 3.18. The van der Waals surface area contributed by atoms with E-state index >= 15 is 0 Å². The number of halogens is 1. The molecule has 1 atom stereocenters. The van der Waals surface area contributed by atoms with E-state index in [0.29, 0.717) is 6.04 Å². The van der Waals surface area contributed by atoms with Gasteiger partial charge in [0.1, 0.15) is 0 Å². The highest BCUT2D eigenvalue weighted by molar-refractivity contribution is 9.10. The zero-order valence-electron chi connectivity index (χ0n) is 12.0. The molecule has 0 aliphatic heterocycles. The predicted molar refractivity (Wildman–Crippen MR) is 84.6 cm³/mol. The van der Waals surface area contributed by atoms with Gasteiger partial charge >= 0.3 is 0 Å². The van der Waals surface area contributed by atoms with Crippen molar-refractivity contribution in [2.75, 3.05) is 7.05 Å². The van der Waals surface area contributed by atoms with Gasteiger partial charge in [-0.25, -0.2) is 0 Å². The summed E-state index contributed by atoms with van der Waals surface area (Å²) in [5.74, 6) is 0. The fourth-order valence-electron chi connectivity index (χ4n) is 2.39. The van der Waals surface area contributed by atoms with E-state index in [0.717, 1.165) is 30.3 Å². The van der Waals surface area contributed by atoms with Gasteiger partial charge in [0.25, 0.3) is 0 Å². The van der Waals surface area contributed by atoms with Crippen LogP contribution in [0.3, 0.4) is 0 Å². The van der Waals surface area contributed by atoms with Gasteiger partial charge in [-0.05, 0) is 59.9 Å². The van der Waals surface area contributed by atoms with Crippen LogP contribution in [-0.2, 0) is 13.0 Å². The minimum Gasteiger partial charge on any atom is -0.312 e. The number of hydrogen-bond acceptors (Lipinski definition) is 3. The average Bonchev–Trinajstić information content (AvgIpc) is 2.83. The molecule has 0 aliphatic rings. The van der Waals surface area contributed by atoms with Gasteiger partial charge in [0, 0.05) is 18.9 Å². The summed E-state index contributed by atoms with van der Waals surface area (Å²) in [6, 6.07) is 4.45. The van der Waals surface area contributed by atoms with Gasteiger partial charge in [-0.15, -0.1) is 0 Å². The van der Waals surface area contributed by atoms with Crippen molar-refractivity contribution in [2.45, 2.75) is 38.8 Å². The highest BCUT2D eigenvalue weighted by Crippen LogP contribution is 2.26. The Morgan fingerprint density at radius 3 is 2.75 bits per heavy atom. The Kier molecular flexibility index (Phi) is 5.73. The minimum atomic E-state index is 0.298. The number of rotatable bonds is 7.